The number of pyridine rings is 1. The summed E-state index contributed by atoms with van der Waals surface area (Å²) in [5.74, 6) is -0.197. The second kappa shape index (κ2) is 5.89. The molecule has 0 aliphatic carbocycles. The lowest BCUT2D eigenvalue weighted by Gasteiger charge is -2.06. The van der Waals surface area contributed by atoms with Crippen molar-refractivity contribution in [1.29, 1.82) is 0 Å². The van der Waals surface area contributed by atoms with Crippen LogP contribution in [0, 0.1) is 0 Å². The van der Waals surface area contributed by atoms with Crippen molar-refractivity contribution in [2.24, 2.45) is 0 Å². The number of benzene rings is 1. The van der Waals surface area contributed by atoms with Crippen molar-refractivity contribution >= 4 is 35.0 Å². The van der Waals surface area contributed by atoms with Crippen LogP contribution in [0.2, 0.25) is 5.02 Å². The number of amides is 1. The molecule has 0 bridgehead atoms. The standard InChI is InChI=1S/C13H11ClN2OS/c1-18-10-4-2-9(3-5-10)13(17)16-12-8-15-7-6-11(12)14/h2-8H,1H3,(H,16,17). The molecular weight excluding hydrogens is 268 g/mol. The molecule has 1 aromatic heterocycles. The van der Waals surface area contributed by atoms with Crippen LogP contribution in [0.3, 0.4) is 0 Å². The van der Waals surface area contributed by atoms with Crippen molar-refractivity contribution in [2.75, 3.05) is 11.6 Å². The van der Waals surface area contributed by atoms with Gasteiger partial charge in [-0.3, -0.25) is 9.78 Å². The molecule has 92 valence electrons. The highest BCUT2D eigenvalue weighted by Crippen LogP contribution is 2.20. The number of rotatable bonds is 3. The average Bonchev–Trinajstić information content (AvgIpc) is 2.41. The highest BCUT2D eigenvalue weighted by Gasteiger charge is 2.08. The molecule has 0 radical (unpaired) electrons. The molecule has 2 aromatic rings. The number of hydrogen-bond donors (Lipinski definition) is 1. The molecule has 0 unspecified atom stereocenters. The quantitative estimate of drug-likeness (QED) is 0.870. The van der Waals surface area contributed by atoms with E-state index < -0.39 is 0 Å². The Balaban J connectivity index is 2.14. The number of thioether (sulfide) groups is 1. The Hall–Kier alpha value is -1.52. The zero-order valence-electron chi connectivity index (χ0n) is 9.68. The van der Waals surface area contributed by atoms with Crippen LogP contribution in [-0.2, 0) is 0 Å². The minimum atomic E-state index is -0.197. The predicted octanol–water partition coefficient (Wildman–Crippen LogP) is 3.71. The summed E-state index contributed by atoms with van der Waals surface area (Å²) in [6.45, 7) is 0. The zero-order chi connectivity index (χ0) is 13.0. The molecule has 0 atom stereocenters. The number of carbonyl (C=O) groups excluding carboxylic acids is 1. The van der Waals surface area contributed by atoms with E-state index in [1.165, 1.54) is 6.20 Å². The number of nitrogens with zero attached hydrogens (tertiary/aromatic N) is 1. The normalized spacial score (nSPS) is 10.1. The van der Waals surface area contributed by atoms with E-state index in [1.54, 1.807) is 36.2 Å². The molecule has 0 fully saturated rings. The maximum absolute atomic E-state index is 12.0. The first kappa shape index (κ1) is 12.9. The van der Waals surface area contributed by atoms with Gasteiger partial charge in [0.15, 0.2) is 0 Å². The number of anilines is 1. The van der Waals surface area contributed by atoms with Gasteiger partial charge >= 0.3 is 0 Å². The van der Waals surface area contributed by atoms with Gasteiger partial charge in [0.25, 0.3) is 5.91 Å². The summed E-state index contributed by atoms with van der Waals surface area (Å²) in [6, 6.07) is 9.01. The Labute approximate surface area is 115 Å². The number of carbonyl (C=O) groups is 1. The van der Waals surface area contributed by atoms with Crippen LogP contribution in [0.4, 0.5) is 5.69 Å². The maximum atomic E-state index is 12.0. The number of nitrogens with one attached hydrogen (secondary N) is 1. The Bertz CT molecular complexity index is 557. The van der Waals surface area contributed by atoms with E-state index in [1.807, 2.05) is 18.4 Å². The Kier molecular flexibility index (Phi) is 4.23. The first-order valence-corrected chi connectivity index (χ1v) is 6.86. The summed E-state index contributed by atoms with van der Waals surface area (Å²) in [5, 5.41) is 3.20. The van der Waals surface area contributed by atoms with Gasteiger partial charge in [-0.15, -0.1) is 11.8 Å². The lowest BCUT2D eigenvalue weighted by atomic mass is 10.2. The Morgan fingerprint density at radius 1 is 1.28 bits per heavy atom. The molecule has 5 heteroatoms. The molecule has 0 aliphatic heterocycles. The molecule has 1 heterocycles. The molecule has 0 spiro atoms. The fourth-order valence-electron chi connectivity index (χ4n) is 1.41. The summed E-state index contributed by atoms with van der Waals surface area (Å²) in [6.07, 6.45) is 5.09. The van der Waals surface area contributed by atoms with Crippen molar-refractivity contribution in [1.82, 2.24) is 4.98 Å². The number of halogens is 1. The Morgan fingerprint density at radius 3 is 2.61 bits per heavy atom. The second-order valence-electron chi connectivity index (χ2n) is 3.54. The van der Waals surface area contributed by atoms with Gasteiger partial charge in [-0.1, -0.05) is 11.6 Å². The number of hydrogen-bond acceptors (Lipinski definition) is 3. The van der Waals surface area contributed by atoms with Gasteiger partial charge in [-0.05, 0) is 36.6 Å². The third-order valence-electron chi connectivity index (χ3n) is 2.37. The fraction of sp³-hybridized carbons (Fsp3) is 0.0769. The third-order valence-corrected chi connectivity index (χ3v) is 3.44. The number of aromatic nitrogens is 1. The van der Waals surface area contributed by atoms with Crippen molar-refractivity contribution in [2.45, 2.75) is 4.90 Å². The molecular formula is C13H11ClN2OS. The van der Waals surface area contributed by atoms with E-state index in [2.05, 4.69) is 10.3 Å². The van der Waals surface area contributed by atoms with Crippen molar-refractivity contribution < 1.29 is 4.79 Å². The van der Waals surface area contributed by atoms with Crippen LogP contribution in [0.25, 0.3) is 0 Å². The van der Waals surface area contributed by atoms with Crippen LogP contribution in [0.1, 0.15) is 10.4 Å². The molecule has 2 rings (SSSR count). The van der Waals surface area contributed by atoms with Crippen LogP contribution >= 0.6 is 23.4 Å². The van der Waals surface area contributed by atoms with Gasteiger partial charge in [0.05, 0.1) is 16.9 Å². The van der Waals surface area contributed by atoms with Gasteiger partial charge in [0, 0.05) is 16.7 Å². The summed E-state index contributed by atoms with van der Waals surface area (Å²) in [5.41, 5.74) is 1.10. The largest absolute Gasteiger partial charge is 0.319 e. The summed E-state index contributed by atoms with van der Waals surface area (Å²) >= 11 is 7.58. The topological polar surface area (TPSA) is 42.0 Å². The summed E-state index contributed by atoms with van der Waals surface area (Å²) in [4.78, 5) is 17.0. The van der Waals surface area contributed by atoms with Crippen LogP contribution in [-0.4, -0.2) is 17.1 Å². The fourth-order valence-corrected chi connectivity index (χ4v) is 1.97. The van der Waals surface area contributed by atoms with Crippen LogP contribution in [0.5, 0.6) is 0 Å². The molecule has 18 heavy (non-hydrogen) atoms. The van der Waals surface area contributed by atoms with Gasteiger partial charge < -0.3 is 5.32 Å². The predicted molar refractivity (Wildman–Crippen MR) is 75.4 cm³/mol. The van der Waals surface area contributed by atoms with Crippen LogP contribution < -0.4 is 5.32 Å². The van der Waals surface area contributed by atoms with Crippen molar-refractivity contribution in [3.8, 4) is 0 Å². The van der Waals surface area contributed by atoms with Crippen LogP contribution in [0.15, 0.2) is 47.6 Å². The Morgan fingerprint density at radius 2 is 2.00 bits per heavy atom. The van der Waals surface area contributed by atoms with E-state index in [-0.39, 0.29) is 5.91 Å². The molecule has 1 aromatic carbocycles. The van der Waals surface area contributed by atoms with Crippen molar-refractivity contribution in [3.05, 3.63) is 53.3 Å². The smallest absolute Gasteiger partial charge is 0.255 e. The maximum Gasteiger partial charge on any atom is 0.255 e. The highest BCUT2D eigenvalue weighted by molar-refractivity contribution is 7.98. The van der Waals surface area contributed by atoms with Gasteiger partial charge in [0.1, 0.15) is 0 Å². The molecule has 3 nitrogen and oxygen atoms in total. The lowest BCUT2D eigenvalue weighted by molar-refractivity contribution is 0.102. The van der Waals surface area contributed by atoms with Gasteiger partial charge in [-0.2, -0.15) is 0 Å². The monoisotopic (exact) mass is 278 g/mol. The zero-order valence-corrected chi connectivity index (χ0v) is 11.3. The molecule has 1 N–H and O–H groups in total. The summed E-state index contributed by atoms with van der Waals surface area (Å²) < 4.78 is 0. The second-order valence-corrected chi connectivity index (χ2v) is 4.82. The lowest BCUT2D eigenvalue weighted by Crippen LogP contribution is -2.12. The molecule has 1 amide bonds. The molecule has 0 saturated carbocycles. The highest BCUT2D eigenvalue weighted by atomic mass is 35.5. The molecule has 0 saturated heterocycles. The minimum Gasteiger partial charge on any atom is -0.319 e. The van der Waals surface area contributed by atoms with Gasteiger partial charge in [-0.25, -0.2) is 0 Å². The SMILES string of the molecule is CSc1ccc(C(=O)Nc2cnccc2Cl)cc1. The van der Waals surface area contributed by atoms with E-state index in [0.29, 0.717) is 16.3 Å². The van der Waals surface area contributed by atoms with E-state index >= 15 is 0 Å². The van der Waals surface area contributed by atoms with E-state index in [0.717, 1.165) is 4.90 Å². The summed E-state index contributed by atoms with van der Waals surface area (Å²) in [7, 11) is 0. The average molecular weight is 279 g/mol. The first-order valence-electron chi connectivity index (χ1n) is 5.25. The van der Waals surface area contributed by atoms with E-state index in [9.17, 15) is 4.79 Å². The van der Waals surface area contributed by atoms with Crippen molar-refractivity contribution in [3.63, 3.8) is 0 Å². The third kappa shape index (κ3) is 3.03. The minimum absolute atomic E-state index is 0.197. The van der Waals surface area contributed by atoms with E-state index in [4.69, 9.17) is 11.6 Å². The first-order chi connectivity index (χ1) is 8.70. The molecule has 0 aliphatic rings. The van der Waals surface area contributed by atoms with Gasteiger partial charge in [0.2, 0.25) is 0 Å².